The molecule has 2 heterocycles. The molecule has 0 bridgehead atoms. The minimum Gasteiger partial charge on any atom is -0.363 e. The van der Waals surface area contributed by atoms with E-state index >= 15 is 0 Å². The molecule has 0 spiro atoms. The lowest BCUT2D eigenvalue weighted by Gasteiger charge is -2.06. The Balaban J connectivity index is 2.02. The number of nitrogens with one attached hydrogen (secondary N) is 1. The van der Waals surface area contributed by atoms with E-state index < -0.39 is 0 Å². The van der Waals surface area contributed by atoms with Gasteiger partial charge in [-0.05, 0) is 12.1 Å². The Bertz CT molecular complexity index is 374. The Labute approximate surface area is 82.3 Å². The fourth-order valence-corrected chi connectivity index (χ4v) is 1.31. The number of hydrogen-bond acceptors (Lipinski definition) is 3. The molecule has 1 N–H and O–H groups in total. The SMILES string of the molecule is Cn1cccc1CNc1cnnn1C. The van der Waals surface area contributed by atoms with Crippen LogP contribution in [-0.2, 0) is 20.6 Å². The third kappa shape index (κ3) is 1.61. The predicted molar refractivity (Wildman–Crippen MR) is 53.7 cm³/mol. The van der Waals surface area contributed by atoms with Crippen LogP contribution in [0.4, 0.5) is 5.82 Å². The second-order valence-corrected chi connectivity index (χ2v) is 3.21. The van der Waals surface area contributed by atoms with Crippen molar-refractivity contribution in [3.05, 3.63) is 30.2 Å². The number of hydrogen-bond donors (Lipinski definition) is 1. The lowest BCUT2D eigenvalue weighted by atomic mass is 10.4. The topological polar surface area (TPSA) is 47.7 Å². The number of nitrogens with zero attached hydrogens (tertiary/aromatic N) is 4. The van der Waals surface area contributed by atoms with Crippen molar-refractivity contribution >= 4 is 5.82 Å². The van der Waals surface area contributed by atoms with Gasteiger partial charge in [0.05, 0.1) is 12.7 Å². The molecular formula is C9H13N5. The zero-order chi connectivity index (χ0) is 9.97. The van der Waals surface area contributed by atoms with Crippen LogP contribution in [0, 0.1) is 0 Å². The highest BCUT2D eigenvalue weighted by molar-refractivity contribution is 5.31. The number of aryl methyl sites for hydroxylation is 2. The van der Waals surface area contributed by atoms with Crippen LogP contribution < -0.4 is 5.32 Å². The highest BCUT2D eigenvalue weighted by atomic mass is 15.4. The van der Waals surface area contributed by atoms with Gasteiger partial charge < -0.3 is 9.88 Å². The van der Waals surface area contributed by atoms with E-state index in [1.54, 1.807) is 10.9 Å². The minimum atomic E-state index is 0.782. The summed E-state index contributed by atoms with van der Waals surface area (Å²) in [6.45, 7) is 0.782. The lowest BCUT2D eigenvalue weighted by molar-refractivity contribution is 0.714. The highest BCUT2D eigenvalue weighted by Crippen LogP contribution is 2.05. The molecule has 5 heteroatoms. The van der Waals surface area contributed by atoms with Gasteiger partial charge in [0.1, 0.15) is 5.82 Å². The maximum absolute atomic E-state index is 3.84. The fourth-order valence-electron chi connectivity index (χ4n) is 1.31. The van der Waals surface area contributed by atoms with Gasteiger partial charge in [-0.25, -0.2) is 4.68 Å². The Hall–Kier alpha value is -1.78. The summed E-state index contributed by atoms with van der Waals surface area (Å²) in [4.78, 5) is 0. The summed E-state index contributed by atoms with van der Waals surface area (Å²) in [6.07, 6.45) is 3.74. The standard InChI is InChI=1S/C9H13N5/c1-13-5-3-4-8(13)6-10-9-7-11-12-14(9)2/h3-5,7,10H,6H2,1-2H3. The first-order valence-corrected chi connectivity index (χ1v) is 4.46. The second kappa shape index (κ2) is 3.53. The molecule has 2 rings (SSSR count). The van der Waals surface area contributed by atoms with Gasteiger partial charge in [0.2, 0.25) is 0 Å². The fraction of sp³-hybridized carbons (Fsp3) is 0.333. The molecule has 5 nitrogen and oxygen atoms in total. The molecule has 0 radical (unpaired) electrons. The van der Waals surface area contributed by atoms with Crippen LogP contribution in [0.2, 0.25) is 0 Å². The molecule has 0 atom stereocenters. The van der Waals surface area contributed by atoms with E-state index in [1.165, 1.54) is 5.69 Å². The second-order valence-electron chi connectivity index (χ2n) is 3.21. The Morgan fingerprint density at radius 2 is 2.29 bits per heavy atom. The summed E-state index contributed by atoms with van der Waals surface area (Å²) in [5, 5.41) is 10.9. The number of aromatic nitrogens is 4. The first kappa shape index (κ1) is 8.80. The van der Waals surface area contributed by atoms with Crippen molar-refractivity contribution in [2.45, 2.75) is 6.54 Å². The van der Waals surface area contributed by atoms with E-state index in [-0.39, 0.29) is 0 Å². The molecule has 0 saturated carbocycles. The average Bonchev–Trinajstić information content (AvgIpc) is 2.72. The molecule has 74 valence electrons. The van der Waals surface area contributed by atoms with Crippen LogP contribution in [0.1, 0.15) is 5.69 Å². The van der Waals surface area contributed by atoms with Crippen molar-refractivity contribution in [3.63, 3.8) is 0 Å². The molecule has 14 heavy (non-hydrogen) atoms. The van der Waals surface area contributed by atoms with Gasteiger partial charge in [-0.1, -0.05) is 5.21 Å². The van der Waals surface area contributed by atoms with E-state index in [1.807, 2.05) is 26.4 Å². The summed E-state index contributed by atoms with van der Waals surface area (Å²) in [6, 6.07) is 4.11. The summed E-state index contributed by atoms with van der Waals surface area (Å²) >= 11 is 0. The summed E-state index contributed by atoms with van der Waals surface area (Å²) in [5.41, 5.74) is 1.23. The smallest absolute Gasteiger partial charge is 0.144 e. The van der Waals surface area contributed by atoms with Gasteiger partial charge in [-0.15, -0.1) is 5.10 Å². The highest BCUT2D eigenvalue weighted by Gasteiger charge is 2.00. The third-order valence-electron chi connectivity index (χ3n) is 2.22. The maximum Gasteiger partial charge on any atom is 0.144 e. The van der Waals surface area contributed by atoms with Crippen LogP contribution in [0.15, 0.2) is 24.5 Å². The minimum absolute atomic E-state index is 0.782. The Morgan fingerprint density at radius 1 is 1.43 bits per heavy atom. The van der Waals surface area contributed by atoms with Gasteiger partial charge in [0, 0.05) is 26.0 Å². The zero-order valence-electron chi connectivity index (χ0n) is 8.31. The van der Waals surface area contributed by atoms with E-state index in [0.717, 1.165) is 12.4 Å². The average molecular weight is 191 g/mol. The molecular weight excluding hydrogens is 178 g/mol. The first-order chi connectivity index (χ1) is 6.77. The van der Waals surface area contributed by atoms with Gasteiger partial charge in [-0.3, -0.25) is 0 Å². The van der Waals surface area contributed by atoms with Crippen LogP contribution in [0.3, 0.4) is 0 Å². The van der Waals surface area contributed by atoms with Crippen LogP contribution in [0.25, 0.3) is 0 Å². The zero-order valence-corrected chi connectivity index (χ0v) is 8.31. The normalized spacial score (nSPS) is 10.4. The lowest BCUT2D eigenvalue weighted by Crippen LogP contribution is -2.07. The van der Waals surface area contributed by atoms with Crippen molar-refractivity contribution in [3.8, 4) is 0 Å². The molecule has 0 aliphatic rings. The van der Waals surface area contributed by atoms with E-state index in [2.05, 4.69) is 26.3 Å². The van der Waals surface area contributed by atoms with Crippen molar-refractivity contribution < 1.29 is 0 Å². The predicted octanol–water partition coefficient (Wildman–Crippen LogP) is 0.766. The summed E-state index contributed by atoms with van der Waals surface area (Å²) in [5.74, 6) is 0.922. The van der Waals surface area contributed by atoms with Crippen molar-refractivity contribution in [1.82, 2.24) is 19.6 Å². The van der Waals surface area contributed by atoms with Gasteiger partial charge in [0.25, 0.3) is 0 Å². The summed E-state index contributed by atoms with van der Waals surface area (Å²) in [7, 11) is 3.89. The van der Waals surface area contributed by atoms with Gasteiger partial charge in [-0.2, -0.15) is 0 Å². The Morgan fingerprint density at radius 3 is 2.86 bits per heavy atom. The molecule has 0 saturated heterocycles. The van der Waals surface area contributed by atoms with Crippen LogP contribution >= 0.6 is 0 Å². The van der Waals surface area contributed by atoms with Crippen molar-refractivity contribution in [2.75, 3.05) is 5.32 Å². The third-order valence-corrected chi connectivity index (χ3v) is 2.22. The molecule has 2 aromatic heterocycles. The Kier molecular flexibility index (Phi) is 2.22. The number of anilines is 1. The molecule has 0 amide bonds. The van der Waals surface area contributed by atoms with Gasteiger partial charge >= 0.3 is 0 Å². The molecule has 0 aliphatic carbocycles. The van der Waals surface area contributed by atoms with Crippen molar-refractivity contribution in [2.24, 2.45) is 14.1 Å². The quantitative estimate of drug-likeness (QED) is 0.779. The molecule has 0 aromatic carbocycles. The van der Waals surface area contributed by atoms with E-state index in [9.17, 15) is 0 Å². The number of rotatable bonds is 3. The van der Waals surface area contributed by atoms with Crippen LogP contribution in [-0.4, -0.2) is 19.6 Å². The molecule has 0 unspecified atom stereocenters. The largest absolute Gasteiger partial charge is 0.363 e. The van der Waals surface area contributed by atoms with E-state index in [0.29, 0.717) is 0 Å². The van der Waals surface area contributed by atoms with Crippen LogP contribution in [0.5, 0.6) is 0 Å². The van der Waals surface area contributed by atoms with Crippen molar-refractivity contribution in [1.29, 1.82) is 0 Å². The monoisotopic (exact) mass is 191 g/mol. The maximum atomic E-state index is 3.84. The van der Waals surface area contributed by atoms with Gasteiger partial charge in [0.15, 0.2) is 0 Å². The van der Waals surface area contributed by atoms with E-state index in [4.69, 9.17) is 0 Å². The first-order valence-electron chi connectivity index (χ1n) is 4.46. The molecule has 2 aromatic rings. The molecule has 0 fully saturated rings. The molecule has 0 aliphatic heterocycles. The summed E-state index contributed by atoms with van der Waals surface area (Å²) < 4.78 is 3.79.